The number of aryl methyl sites for hydroxylation is 1. The summed E-state index contributed by atoms with van der Waals surface area (Å²) < 4.78 is 5.56. The lowest BCUT2D eigenvalue weighted by molar-refractivity contribution is 0.273. The first kappa shape index (κ1) is 15.4. The van der Waals surface area contributed by atoms with Gasteiger partial charge in [-0.05, 0) is 56.2 Å². The van der Waals surface area contributed by atoms with Crippen molar-refractivity contribution in [1.29, 1.82) is 0 Å². The molecule has 0 radical (unpaired) electrons. The monoisotopic (exact) mass is 275 g/mol. The Kier molecular flexibility index (Phi) is 4.43. The molecule has 0 aromatic heterocycles. The van der Waals surface area contributed by atoms with Crippen molar-refractivity contribution in [2.24, 2.45) is 5.41 Å². The van der Waals surface area contributed by atoms with Gasteiger partial charge in [0, 0.05) is 18.5 Å². The van der Waals surface area contributed by atoms with Gasteiger partial charge in [0.2, 0.25) is 0 Å². The minimum absolute atomic E-state index is 0.197. The van der Waals surface area contributed by atoms with Crippen molar-refractivity contribution in [3.8, 4) is 5.75 Å². The van der Waals surface area contributed by atoms with Crippen LogP contribution in [0, 0.1) is 5.41 Å². The maximum absolute atomic E-state index is 5.56. The first-order valence-corrected chi connectivity index (χ1v) is 7.75. The SMILES string of the molecule is CC(C)(CCc1ccc2c(c1)CCO2)CNC(C)(C)C. The minimum atomic E-state index is 0.197. The van der Waals surface area contributed by atoms with Crippen LogP contribution >= 0.6 is 0 Å². The molecule has 0 saturated carbocycles. The van der Waals surface area contributed by atoms with E-state index in [1.54, 1.807) is 0 Å². The van der Waals surface area contributed by atoms with Crippen molar-refractivity contribution < 1.29 is 4.74 Å². The summed E-state index contributed by atoms with van der Waals surface area (Å²) in [6.45, 7) is 13.3. The maximum atomic E-state index is 5.56. The topological polar surface area (TPSA) is 21.3 Å². The van der Waals surface area contributed by atoms with Crippen LogP contribution in [0.5, 0.6) is 5.75 Å². The smallest absolute Gasteiger partial charge is 0.122 e. The first-order valence-electron chi connectivity index (χ1n) is 7.75. The van der Waals surface area contributed by atoms with Crippen LogP contribution in [0.15, 0.2) is 18.2 Å². The predicted octanol–water partition coefficient (Wildman–Crippen LogP) is 3.97. The van der Waals surface area contributed by atoms with Gasteiger partial charge in [0.05, 0.1) is 6.61 Å². The van der Waals surface area contributed by atoms with Gasteiger partial charge in [-0.15, -0.1) is 0 Å². The van der Waals surface area contributed by atoms with Crippen LogP contribution in [0.1, 0.15) is 52.2 Å². The molecule has 2 rings (SSSR count). The summed E-state index contributed by atoms with van der Waals surface area (Å²) in [6.07, 6.45) is 3.42. The Morgan fingerprint density at radius 3 is 2.60 bits per heavy atom. The molecule has 20 heavy (non-hydrogen) atoms. The van der Waals surface area contributed by atoms with Gasteiger partial charge in [0.25, 0.3) is 0 Å². The molecule has 0 fully saturated rings. The lowest BCUT2D eigenvalue weighted by Crippen LogP contribution is -2.42. The Balaban J connectivity index is 1.87. The fraction of sp³-hybridized carbons (Fsp3) is 0.667. The molecule has 1 N–H and O–H groups in total. The third-order valence-corrected chi connectivity index (χ3v) is 3.94. The van der Waals surface area contributed by atoms with Gasteiger partial charge < -0.3 is 10.1 Å². The summed E-state index contributed by atoms with van der Waals surface area (Å²) in [4.78, 5) is 0. The third kappa shape index (κ3) is 4.52. The van der Waals surface area contributed by atoms with Crippen molar-refractivity contribution in [3.05, 3.63) is 29.3 Å². The van der Waals surface area contributed by atoms with Gasteiger partial charge in [-0.3, -0.25) is 0 Å². The van der Waals surface area contributed by atoms with E-state index in [2.05, 4.69) is 58.1 Å². The standard InChI is InChI=1S/C18H29NO/c1-17(2,3)19-13-18(4,5)10-8-14-6-7-16-15(12-14)9-11-20-16/h6-7,12,19H,8-11,13H2,1-5H3. The molecule has 1 aromatic rings. The highest BCUT2D eigenvalue weighted by atomic mass is 16.5. The molecule has 1 heterocycles. The second-order valence-corrected chi connectivity index (χ2v) is 7.81. The Morgan fingerprint density at radius 2 is 1.90 bits per heavy atom. The van der Waals surface area contributed by atoms with Crippen LogP contribution in [-0.2, 0) is 12.8 Å². The fourth-order valence-electron chi connectivity index (χ4n) is 2.47. The lowest BCUT2D eigenvalue weighted by atomic mass is 9.85. The van der Waals surface area contributed by atoms with Gasteiger partial charge in [0.15, 0.2) is 0 Å². The van der Waals surface area contributed by atoms with E-state index in [-0.39, 0.29) is 5.54 Å². The van der Waals surface area contributed by atoms with E-state index in [1.807, 2.05) is 0 Å². The molecule has 2 heteroatoms. The summed E-state index contributed by atoms with van der Waals surface area (Å²) in [6, 6.07) is 6.69. The molecular weight excluding hydrogens is 246 g/mol. The average Bonchev–Trinajstić information content (AvgIpc) is 2.81. The summed E-state index contributed by atoms with van der Waals surface area (Å²) in [5.41, 5.74) is 3.34. The zero-order valence-electron chi connectivity index (χ0n) is 13.7. The van der Waals surface area contributed by atoms with E-state index in [1.165, 1.54) is 17.5 Å². The highest BCUT2D eigenvalue weighted by Crippen LogP contribution is 2.28. The fourth-order valence-corrected chi connectivity index (χ4v) is 2.47. The van der Waals surface area contributed by atoms with Gasteiger partial charge in [-0.1, -0.05) is 26.0 Å². The van der Waals surface area contributed by atoms with Crippen LogP contribution in [-0.4, -0.2) is 18.7 Å². The summed E-state index contributed by atoms with van der Waals surface area (Å²) in [5, 5.41) is 3.62. The molecule has 1 aromatic carbocycles. The molecule has 0 saturated heterocycles. The number of fused-ring (bicyclic) bond motifs is 1. The Morgan fingerprint density at radius 1 is 1.15 bits per heavy atom. The van der Waals surface area contributed by atoms with Gasteiger partial charge >= 0.3 is 0 Å². The molecule has 112 valence electrons. The summed E-state index contributed by atoms with van der Waals surface area (Å²) in [5.74, 6) is 1.09. The van der Waals surface area contributed by atoms with Crippen molar-refractivity contribution in [2.45, 2.75) is 59.4 Å². The number of rotatable bonds is 5. The molecule has 0 amide bonds. The molecule has 1 aliphatic heterocycles. The molecule has 0 bridgehead atoms. The molecule has 0 spiro atoms. The zero-order valence-corrected chi connectivity index (χ0v) is 13.7. The summed E-state index contributed by atoms with van der Waals surface area (Å²) in [7, 11) is 0. The Hall–Kier alpha value is -1.02. The van der Waals surface area contributed by atoms with E-state index in [9.17, 15) is 0 Å². The second-order valence-electron chi connectivity index (χ2n) is 7.81. The largest absolute Gasteiger partial charge is 0.493 e. The zero-order chi connectivity index (χ0) is 14.8. The lowest BCUT2D eigenvalue weighted by Gasteiger charge is -2.30. The van der Waals surface area contributed by atoms with Gasteiger partial charge in [0.1, 0.15) is 5.75 Å². The molecule has 0 atom stereocenters. The van der Waals surface area contributed by atoms with Crippen molar-refractivity contribution in [3.63, 3.8) is 0 Å². The van der Waals surface area contributed by atoms with E-state index in [0.29, 0.717) is 5.41 Å². The van der Waals surface area contributed by atoms with E-state index in [0.717, 1.165) is 31.7 Å². The predicted molar refractivity (Wildman–Crippen MR) is 85.5 cm³/mol. The van der Waals surface area contributed by atoms with Crippen LogP contribution in [0.3, 0.4) is 0 Å². The van der Waals surface area contributed by atoms with Crippen LogP contribution in [0.2, 0.25) is 0 Å². The Bertz CT molecular complexity index is 457. The van der Waals surface area contributed by atoms with Crippen LogP contribution in [0.4, 0.5) is 0 Å². The molecule has 1 aliphatic rings. The molecular formula is C18H29NO. The van der Waals surface area contributed by atoms with E-state index < -0.39 is 0 Å². The number of ether oxygens (including phenoxy) is 1. The number of hydrogen-bond donors (Lipinski definition) is 1. The minimum Gasteiger partial charge on any atom is -0.493 e. The second kappa shape index (κ2) is 5.77. The molecule has 0 aliphatic carbocycles. The van der Waals surface area contributed by atoms with Crippen LogP contribution < -0.4 is 10.1 Å². The average molecular weight is 275 g/mol. The van der Waals surface area contributed by atoms with Gasteiger partial charge in [-0.2, -0.15) is 0 Å². The maximum Gasteiger partial charge on any atom is 0.122 e. The molecule has 2 nitrogen and oxygen atoms in total. The molecule has 0 unspecified atom stereocenters. The van der Waals surface area contributed by atoms with E-state index in [4.69, 9.17) is 4.74 Å². The van der Waals surface area contributed by atoms with Crippen LogP contribution in [0.25, 0.3) is 0 Å². The quantitative estimate of drug-likeness (QED) is 0.878. The summed E-state index contributed by atoms with van der Waals surface area (Å²) >= 11 is 0. The Labute approximate surface area is 123 Å². The van der Waals surface area contributed by atoms with Crippen molar-refractivity contribution in [2.75, 3.05) is 13.2 Å². The first-order chi connectivity index (χ1) is 9.25. The number of benzene rings is 1. The van der Waals surface area contributed by atoms with Crippen molar-refractivity contribution >= 4 is 0 Å². The highest BCUT2D eigenvalue weighted by Gasteiger charge is 2.21. The van der Waals surface area contributed by atoms with Crippen molar-refractivity contribution in [1.82, 2.24) is 5.32 Å². The normalized spacial score (nSPS) is 15.1. The highest BCUT2D eigenvalue weighted by molar-refractivity contribution is 5.39. The van der Waals surface area contributed by atoms with E-state index >= 15 is 0 Å². The third-order valence-electron chi connectivity index (χ3n) is 3.94. The number of hydrogen-bond acceptors (Lipinski definition) is 2. The number of nitrogens with one attached hydrogen (secondary N) is 1. The van der Waals surface area contributed by atoms with Gasteiger partial charge in [-0.25, -0.2) is 0 Å².